The van der Waals surface area contributed by atoms with E-state index in [-0.39, 0.29) is 16.7 Å². The molecule has 2 heteroatoms. The van der Waals surface area contributed by atoms with E-state index in [1.165, 1.54) is 51.4 Å². The molecule has 0 fully saturated rings. The van der Waals surface area contributed by atoms with Crippen molar-refractivity contribution in [1.82, 2.24) is 0 Å². The van der Waals surface area contributed by atoms with Gasteiger partial charge in [-0.05, 0) is 42.2 Å². The van der Waals surface area contributed by atoms with Crippen LogP contribution in [0.1, 0.15) is 152 Å². The lowest BCUT2D eigenvalue weighted by molar-refractivity contribution is 0.422. The summed E-state index contributed by atoms with van der Waals surface area (Å²) in [6.07, 6.45) is 12.5. The highest BCUT2D eigenvalue weighted by molar-refractivity contribution is 5.56. The Bertz CT molecular complexity index is 903. The molecule has 2 aromatic carbocycles. The number of unbranched alkanes of at least 4 members (excludes halogenated alkanes) is 8. The van der Waals surface area contributed by atoms with Crippen molar-refractivity contribution in [3.63, 3.8) is 0 Å². The van der Waals surface area contributed by atoms with Crippen LogP contribution in [-0.2, 0) is 10.8 Å². The van der Waals surface area contributed by atoms with Gasteiger partial charge in [0, 0.05) is 17.0 Å². The van der Waals surface area contributed by atoms with Crippen LogP contribution < -0.4 is 0 Å². The normalized spacial score (nSPS) is 12.5. The Morgan fingerprint density at radius 2 is 0.944 bits per heavy atom. The highest BCUT2D eigenvalue weighted by atomic mass is 16.3. The standard InChI is InChI=1S/C34H54O2/c1-10-11-12-13-14-15-16-17-18-19-26(27-20-24(2)22-29(31(27)35)33(4,5)6)28-21-25(3)23-30(32(28)36)34(7,8)9/h20-23,26,35-36H,10-19H2,1-9H3. The largest absolute Gasteiger partial charge is 0.507 e. The summed E-state index contributed by atoms with van der Waals surface area (Å²) in [7, 11) is 0. The fraction of sp³-hybridized carbons (Fsp3) is 0.647. The van der Waals surface area contributed by atoms with Crippen LogP contribution >= 0.6 is 0 Å². The van der Waals surface area contributed by atoms with Gasteiger partial charge in [0.25, 0.3) is 0 Å². The van der Waals surface area contributed by atoms with Crippen LogP contribution in [0.25, 0.3) is 0 Å². The number of hydrogen-bond donors (Lipinski definition) is 2. The van der Waals surface area contributed by atoms with Gasteiger partial charge in [0.05, 0.1) is 0 Å². The third kappa shape index (κ3) is 8.29. The minimum atomic E-state index is -0.154. The second kappa shape index (κ2) is 13.0. The zero-order chi connectivity index (χ0) is 27.1. The van der Waals surface area contributed by atoms with Crippen molar-refractivity contribution < 1.29 is 10.2 Å². The zero-order valence-corrected chi connectivity index (χ0v) is 24.9. The summed E-state index contributed by atoms with van der Waals surface area (Å²) >= 11 is 0. The fourth-order valence-corrected chi connectivity index (χ4v) is 5.43. The molecule has 0 aliphatic carbocycles. The van der Waals surface area contributed by atoms with Crippen molar-refractivity contribution in [2.75, 3.05) is 0 Å². The van der Waals surface area contributed by atoms with Crippen LogP contribution in [0.2, 0.25) is 0 Å². The van der Waals surface area contributed by atoms with E-state index in [0.717, 1.165) is 46.2 Å². The molecule has 2 aromatic rings. The van der Waals surface area contributed by atoms with Crippen LogP contribution in [0.15, 0.2) is 24.3 Å². The van der Waals surface area contributed by atoms with E-state index in [2.05, 4.69) is 86.6 Å². The molecule has 0 aliphatic heterocycles. The van der Waals surface area contributed by atoms with Crippen LogP contribution in [0, 0.1) is 13.8 Å². The Morgan fingerprint density at radius 3 is 1.31 bits per heavy atom. The van der Waals surface area contributed by atoms with Gasteiger partial charge < -0.3 is 10.2 Å². The van der Waals surface area contributed by atoms with Crippen LogP contribution in [0.5, 0.6) is 11.5 Å². The maximum absolute atomic E-state index is 11.5. The molecule has 2 rings (SSSR count). The summed E-state index contributed by atoms with van der Waals surface area (Å²) in [6, 6.07) is 8.51. The van der Waals surface area contributed by atoms with E-state index in [1.54, 1.807) is 0 Å². The first-order chi connectivity index (χ1) is 16.8. The Morgan fingerprint density at radius 1 is 0.583 bits per heavy atom. The van der Waals surface area contributed by atoms with Crippen LogP contribution in [-0.4, -0.2) is 10.2 Å². The fourth-order valence-electron chi connectivity index (χ4n) is 5.43. The maximum atomic E-state index is 11.5. The molecule has 0 atom stereocenters. The van der Waals surface area contributed by atoms with Crippen molar-refractivity contribution >= 4 is 0 Å². The Balaban J connectivity index is 2.40. The lowest BCUT2D eigenvalue weighted by Gasteiger charge is -2.29. The number of phenolic OH excluding ortho intramolecular Hbond substituents is 2. The second-order valence-corrected chi connectivity index (χ2v) is 13.2. The number of benzene rings is 2. The second-order valence-electron chi connectivity index (χ2n) is 13.2. The molecular formula is C34H54O2. The minimum Gasteiger partial charge on any atom is -0.507 e. The maximum Gasteiger partial charge on any atom is 0.123 e. The lowest BCUT2D eigenvalue weighted by atomic mass is 9.77. The smallest absolute Gasteiger partial charge is 0.123 e. The predicted octanol–water partition coefficient (Wildman–Crippen LogP) is 10.4. The summed E-state index contributed by atoms with van der Waals surface area (Å²) in [4.78, 5) is 0. The highest BCUT2D eigenvalue weighted by Crippen LogP contribution is 2.46. The van der Waals surface area contributed by atoms with Crippen molar-refractivity contribution in [2.45, 2.75) is 143 Å². The van der Waals surface area contributed by atoms with Crippen molar-refractivity contribution in [2.24, 2.45) is 0 Å². The van der Waals surface area contributed by atoms with Gasteiger partial charge in [-0.25, -0.2) is 0 Å². The molecule has 0 heterocycles. The summed E-state index contributed by atoms with van der Waals surface area (Å²) < 4.78 is 0. The summed E-state index contributed by atoms with van der Waals surface area (Å²) in [5, 5.41) is 23.1. The van der Waals surface area contributed by atoms with E-state index in [4.69, 9.17) is 0 Å². The van der Waals surface area contributed by atoms with Gasteiger partial charge in [-0.15, -0.1) is 0 Å². The summed E-state index contributed by atoms with van der Waals surface area (Å²) in [6.45, 7) is 19.4. The Labute approximate surface area is 222 Å². The molecule has 0 radical (unpaired) electrons. The molecule has 202 valence electrons. The molecule has 0 amide bonds. The molecule has 0 saturated heterocycles. The number of rotatable bonds is 12. The van der Waals surface area contributed by atoms with E-state index in [9.17, 15) is 10.2 Å². The molecule has 0 unspecified atom stereocenters. The number of aromatic hydroxyl groups is 2. The minimum absolute atomic E-state index is 0.0310. The molecule has 0 bridgehead atoms. The average Bonchev–Trinajstić information content (AvgIpc) is 2.77. The first-order valence-corrected chi connectivity index (χ1v) is 14.4. The topological polar surface area (TPSA) is 40.5 Å². The van der Waals surface area contributed by atoms with E-state index in [1.807, 2.05) is 0 Å². The van der Waals surface area contributed by atoms with E-state index >= 15 is 0 Å². The number of phenols is 2. The first kappa shape index (κ1) is 30.3. The summed E-state index contributed by atoms with van der Waals surface area (Å²) in [5.41, 5.74) is 5.90. The molecular weight excluding hydrogens is 440 g/mol. The van der Waals surface area contributed by atoms with E-state index in [0.29, 0.717) is 11.5 Å². The Hall–Kier alpha value is -1.96. The molecule has 2 N–H and O–H groups in total. The SMILES string of the molecule is CCCCCCCCCCCC(c1cc(C)cc(C(C)(C)C)c1O)c1cc(C)cc(C(C)(C)C)c1O. The molecule has 0 aliphatic rings. The van der Waals surface area contributed by atoms with Gasteiger partial charge in [-0.3, -0.25) is 0 Å². The third-order valence-electron chi connectivity index (χ3n) is 7.53. The lowest BCUT2D eigenvalue weighted by Crippen LogP contribution is -2.16. The van der Waals surface area contributed by atoms with Gasteiger partial charge in [0.15, 0.2) is 0 Å². The van der Waals surface area contributed by atoms with Crippen LogP contribution in [0.4, 0.5) is 0 Å². The highest BCUT2D eigenvalue weighted by Gasteiger charge is 2.29. The van der Waals surface area contributed by atoms with Crippen LogP contribution in [0.3, 0.4) is 0 Å². The van der Waals surface area contributed by atoms with Crippen molar-refractivity contribution in [3.05, 3.63) is 57.6 Å². The van der Waals surface area contributed by atoms with Gasteiger partial charge >= 0.3 is 0 Å². The molecule has 0 aromatic heterocycles. The Kier molecular flexibility index (Phi) is 10.9. The van der Waals surface area contributed by atoms with Crippen molar-refractivity contribution in [1.29, 1.82) is 0 Å². The molecule has 36 heavy (non-hydrogen) atoms. The predicted molar refractivity (Wildman–Crippen MR) is 157 cm³/mol. The number of aryl methyl sites for hydroxylation is 2. The van der Waals surface area contributed by atoms with Gasteiger partial charge in [-0.1, -0.05) is 142 Å². The average molecular weight is 495 g/mol. The zero-order valence-electron chi connectivity index (χ0n) is 24.9. The molecule has 2 nitrogen and oxygen atoms in total. The quantitative estimate of drug-likeness (QED) is 0.288. The summed E-state index contributed by atoms with van der Waals surface area (Å²) in [5.74, 6) is 0.760. The van der Waals surface area contributed by atoms with Gasteiger partial charge in [-0.2, -0.15) is 0 Å². The first-order valence-electron chi connectivity index (χ1n) is 14.4. The molecule has 0 saturated carbocycles. The van der Waals surface area contributed by atoms with Gasteiger partial charge in [0.1, 0.15) is 11.5 Å². The van der Waals surface area contributed by atoms with Crippen molar-refractivity contribution in [3.8, 4) is 11.5 Å². The number of hydrogen-bond acceptors (Lipinski definition) is 2. The monoisotopic (exact) mass is 494 g/mol. The van der Waals surface area contributed by atoms with E-state index < -0.39 is 0 Å². The third-order valence-corrected chi connectivity index (χ3v) is 7.53. The van der Waals surface area contributed by atoms with Gasteiger partial charge in [0.2, 0.25) is 0 Å². The molecule has 0 spiro atoms.